The molecule has 1 aliphatic rings. The van der Waals surface area contributed by atoms with Crippen LogP contribution in [0.1, 0.15) is 20.3 Å². The van der Waals surface area contributed by atoms with Gasteiger partial charge < -0.3 is 5.11 Å². The largest absolute Gasteiger partial charge is 0.481 e. The number of allylic oxidation sites excluding steroid dienone is 4. The average Bonchev–Trinajstić information content (AvgIpc) is 1.92. The monoisotopic (exact) mass is 166 g/mol. The van der Waals surface area contributed by atoms with Crippen LogP contribution in [-0.2, 0) is 4.79 Å². The molecular weight excluding hydrogens is 152 g/mol. The molecule has 1 atom stereocenters. The molecule has 12 heavy (non-hydrogen) atoms. The minimum atomic E-state index is -0.729. The van der Waals surface area contributed by atoms with Crippen LogP contribution in [-0.4, -0.2) is 11.1 Å². The third kappa shape index (κ3) is 1.97. The van der Waals surface area contributed by atoms with Gasteiger partial charge >= 0.3 is 5.97 Å². The second kappa shape index (κ2) is 3.13. The van der Waals surface area contributed by atoms with Crippen LogP contribution in [0.5, 0.6) is 0 Å². The molecule has 1 aliphatic carbocycles. The van der Waals surface area contributed by atoms with Gasteiger partial charge in [0.2, 0.25) is 0 Å². The van der Waals surface area contributed by atoms with Gasteiger partial charge in [-0.15, -0.1) is 0 Å². The van der Waals surface area contributed by atoms with Crippen LogP contribution in [0, 0.1) is 11.3 Å². The van der Waals surface area contributed by atoms with Crippen LogP contribution in [0.2, 0.25) is 0 Å². The summed E-state index contributed by atoms with van der Waals surface area (Å²) in [6.07, 6.45) is 8.12. The Morgan fingerprint density at radius 1 is 1.50 bits per heavy atom. The summed E-state index contributed by atoms with van der Waals surface area (Å²) in [4.78, 5) is 10.5. The predicted molar refractivity (Wildman–Crippen MR) is 47.8 cm³/mol. The lowest BCUT2D eigenvalue weighted by atomic mass is 9.74. The van der Waals surface area contributed by atoms with E-state index in [4.69, 9.17) is 5.11 Å². The van der Waals surface area contributed by atoms with E-state index in [0.717, 1.165) is 0 Å². The van der Waals surface area contributed by atoms with E-state index in [-0.39, 0.29) is 17.8 Å². The molecule has 0 fully saturated rings. The minimum Gasteiger partial charge on any atom is -0.481 e. The van der Waals surface area contributed by atoms with Crippen molar-refractivity contribution in [1.82, 2.24) is 0 Å². The van der Waals surface area contributed by atoms with Gasteiger partial charge in [0.05, 0.1) is 6.42 Å². The predicted octanol–water partition coefficient (Wildman–Crippen LogP) is 2.23. The average molecular weight is 166 g/mol. The lowest BCUT2D eigenvalue weighted by Crippen LogP contribution is -2.24. The maximum atomic E-state index is 10.5. The van der Waals surface area contributed by atoms with E-state index in [1.165, 1.54) is 0 Å². The normalized spacial score (nSPS) is 25.7. The van der Waals surface area contributed by atoms with Crippen molar-refractivity contribution in [1.29, 1.82) is 0 Å². The Balaban J connectivity index is 2.70. The summed E-state index contributed by atoms with van der Waals surface area (Å²) in [5.74, 6) is -0.604. The number of hydrogen-bond acceptors (Lipinski definition) is 1. The van der Waals surface area contributed by atoms with Gasteiger partial charge in [0.1, 0.15) is 0 Å². The van der Waals surface area contributed by atoms with Crippen LogP contribution in [0.25, 0.3) is 0 Å². The summed E-state index contributed by atoms with van der Waals surface area (Å²) < 4.78 is 0. The third-order valence-electron chi connectivity index (χ3n) is 2.33. The highest BCUT2D eigenvalue weighted by molar-refractivity contribution is 5.67. The molecule has 0 amide bonds. The number of aliphatic carboxylic acids is 1. The van der Waals surface area contributed by atoms with E-state index < -0.39 is 5.97 Å². The smallest absolute Gasteiger partial charge is 0.303 e. The molecule has 0 heterocycles. The Kier molecular flexibility index (Phi) is 2.36. The van der Waals surface area contributed by atoms with Crippen molar-refractivity contribution in [3.8, 4) is 0 Å². The highest BCUT2D eigenvalue weighted by Crippen LogP contribution is 2.34. The molecule has 0 spiro atoms. The topological polar surface area (TPSA) is 37.3 Å². The van der Waals surface area contributed by atoms with Crippen molar-refractivity contribution < 1.29 is 9.90 Å². The fourth-order valence-corrected chi connectivity index (χ4v) is 1.39. The first-order chi connectivity index (χ1) is 5.52. The van der Waals surface area contributed by atoms with E-state index in [0.29, 0.717) is 0 Å². The van der Waals surface area contributed by atoms with Crippen LogP contribution in [0.4, 0.5) is 0 Å². The molecule has 0 aliphatic heterocycles. The van der Waals surface area contributed by atoms with Crippen molar-refractivity contribution >= 4 is 5.97 Å². The summed E-state index contributed by atoms with van der Waals surface area (Å²) >= 11 is 0. The Morgan fingerprint density at radius 3 is 2.67 bits per heavy atom. The molecular formula is C10H14O2. The molecule has 0 unspecified atom stereocenters. The van der Waals surface area contributed by atoms with Crippen LogP contribution < -0.4 is 0 Å². The quantitative estimate of drug-likeness (QED) is 0.683. The van der Waals surface area contributed by atoms with Gasteiger partial charge in [-0.3, -0.25) is 4.79 Å². The van der Waals surface area contributed by atoms with Crippen LogP contribution >= 0.6 is 0 Å². The fraction of sp³-hybridized carbons (Fsp3) is 0.500. The zero-order valence-corrected chi connectivity index (χ0v) is 7.45. The van der Waals surface area contributed by atoms with Gasteiger partial charge in [0.25, 0.3) is 0 Å². The second-order valence-electron chi connectivity index (χ2n) is 3.77. The van der Waals surface area contributed by atoms with E-state index in [9.17, 15) is 4.79 Å². The first kappa shape index (κ1) is 9.04. The Labute approximate surface area is 72.6 Å². The SMILES string of the molecule is CC1(C)C=CC=C[C@@H]1CC(=O)O. The molecule has 66 valence electrons. The molecule has 0 aromatic rings. The number of rotatable bonds is 2. The van der Waals surface area contributed by atoms with Crippen molar-refractivity contribution in [3.63, 3.8) is 0 Å². The second-order valence-corrected chi connectivity index (χ2v) is 3.77. The number of carboxylic acids is 1. The molecule has 0 bridgehead atoms. The Hall–Kier alpha value is -1.05. The van der Waals surface area contributed by atoms with Gasteiger partial charge in [-0.1, -0.05) is 38.2 Å². The summed E-state index contributed by atoms with van der Waals surface area (Å²) in [5, 5.41) is 8.64. The molecule has 2 nitrogen and oxygen atoms in total. The summed E-state index contributed by atoms with van der Waals surface area (Å²) in [7, 11) is 0. The molecule has 0 radical (unpaired) electrons. The van der Waals surface area contributed by atoms with E-state index in [1.807, 2.05) is 18.2 Å². The van der Waals surface area contributed by atoms with Crippen LogP contribution in [0.3, 0.4) is 0 Å². The Bertz CT molecular complexity index is 236. The number of carbonyl (C=O) groups is 1. The summed E-state index contributed by atoms with van der Waals surface area (Å²) in [6.45, 7) is 4.11. The molecule has 0 saturated carbocycles. The zero-order chi connectivity index (χ0) is 9.19. The van der Waals surface area contributed by atoms with E-state index in [1.54, 1.807) is 0 Å². The lowest BCUT2D eigenvalue weighted by molar-refractivity contribution is -0.138. The molecule has 0 aromatic carbocycles. The van der Waals surface area contributed by atoms with Gasteiger partial charge in [0.15, 0.2) is 0 Å². The van der Waals surface area contributed by atoms with Gasteiger partial charge in [-0.25, -0.2) is 0 Å². The zero-order valence-electron chi connectivity index (χ0n) is 7.45. The standard InChI is InChI=1S/C10H14O2/c1-10(2)6-4-3-5-8(10)7-9(11)12/h3-6,8H,7H2,1-2H3,(H,11,12)/t8-/m1/s1. The number of carboxylic acid groups (broad SMARTS) is 1. The third-order valence-corrected chi connectivity index (χ3v) is 2.33. The highest BCUT2D eigenvalue weighted by atomic mass is 16.4. The molecule has 1 N–H and O–H groups in total. The van der Waals surface area contributed by atoms with Crippen molar-refractivity contribution in [2.24, 2.45) is 11.3 Å². The van der Waals surface area contributed by atoms with Gasteiger partial charge in [0, 0.05) is 0 Å². The summed E-state index contributed by atoms with van der Waals surface area (Å²) in [6, 6.07) is 0. The molecule has 0 aromatic heterocycles. The van der Waals surface area contributed by atoms with E-state index >= 15 is 0 Å². The summed E-state index contributed by atoms with van der Waals surface area (Å²) in [5.41, 5.74) is -0.0207. The van der Waals surface area contributed by atoms with Gasteiger partial charge in [-0.05, 0) is 11.3 Å². The van der Waals surface area contributed by atoms with Crippen molar-refractivity contribution in [3.05, 3.63) is 24.3 Å². The molecule has 0 saturated heterocycles. The lowest BCUT2D eigenvalue weighted by Gasteiger charge is -2.30. The number of hydrogen-bond donors (Lipinski definition) is 1. The molecule has 2 heteroatoms. The minimum absolute atomic E-state index is 0.0207. The van der Waals surface area contributed by atoms with Gasteiger partial charge in [-0.2, -0.15) is 0 Å². The maximum absolute atomic E-state index is 10.5. The van der Waals surface area contributed by atoms with Crippen molar-refractivity contribution in [2.75, 3.05) is 0 Å². The van der Waals surface area contributed by atoms with Crippen LogP contribution in [0.15, 0.2) is 24.3 Å². The maximum Gasteiger partial charge on any atom is 0.303 e. The van der Waals surface area contributed by atoms with Crippen molar-refractivity contribution in [2.45, 2.75) is 20.3 Å². The first-order valence-electron chi connectivity index (χ1n) is 4.10. The highest BCUT2D eigenvalue weighted by Gasteiger charge is 2.27. The van der Waals surface area contributed by atoms with E-state index in [2.05, 4.69) is 19.9 Å². The Morgan fingerprint density at radius 2 is 2.17 bits per heavy atom. The first-order valence-corrected chi connectivity index (χ1v) is 4.10. The molecule has 1 rings (SSSR count). The fourth-order valence-electron chi connectivity index (χ4n) is 1.39.